The fourth-order valence-electron chi connectivity index (χ4n) is 2.72. The molecule has 0 spiro atoms. The first-order valence-corrected chi connectivity index (χ1v) is 8.49. The van der Waals surface area contributed by atoms with Crippen molar-refractivity contribution < 1.29 is 4.79 Å². The van der Waals surface area contributed by atoms with Gasteiger partial charge < -0.3 is 5.32 Å². The van der Waals surface area contributed by atoms with Crippen molar-refractivity contribution in [3.05, 3.63) is 83.9 Å². The number of hydrogen-bond donors (Lipinski definition) is 1. The summed E-state index contributed by atoms with van der Waals surface area (Å²) in [6.07, 6.45) is 0.851. The van der Waals surface area contributed by atoms with Crippen molar-refractivity contribution in [1.29, 1.82) is 0 Å². The third-order valence-corrected chi connectivity index (χ3v) is 4.30. The van der Waals surface area contributed by atoms with Gasteiger partial charge in [-0.05, 0) is 58.5 Å². The third-order valence-electron chi connectivity index (χ3n) is 4.30. The molecular formula is C23H23NO. The average molecular weight is 329 g/mol. The minimum Gasteiger partial charge on any atom is -0.356 e. The number of rotatable bonds is 4. The second kappa shape index (κ2) is 6.94. The van der Waals surface area contributed by atoms with Crippen LogP contribution in [0.4, 0.5) is 11.4 Å². The lowest BCUT2D eigenvalue weighted by molar-refractivity contribution is 0.112. The molecule has 3 rings (SSSR count). The van der Waals surface area contributed by atoms with Crippen molar-refractivity contribution in [2.45, 2.75) is 26.2 Å². The van der Waals surface area contributed by atoms with Crippen LogP contribution in [0.5, 0.6) is 0 Å². The Labute approximate surface area is 149 Å². The van der Waals surface area contributed by atoms with Gasteiger partial charge in [-0.15, -0.1) is 0 Å². The molecule has 0 saturated heterocycles. The summed E-state index contributed by atoms with van der Waals surface area (Å²) in [6, 6.07) is 24.6. The molecule has 25 heavy (non-hydrogen) atoms. The number of aldehydes is 1. The molecule has 1 N–H and O–H groups in total. The Morgan fingerprint density at radius 3 is 1.56 bits per heavy atom. The fourth-order valence-corrected chi connectivity index (χ4v) is 2.72. The molecule has 126 valence electrons. The molecule has 0 aromatic heterocycles. The van der Waals surface area contributed by atoms with E-state index in [0.717, 1.165) is 17.7 Å². The van der Waals surface area contributed by atoms with Crippen LogP contribution in [0.25, 0.3) is 11.1 Å². The Morgan fingerprint density at radius 2 is 1.12 bits per heavy atom. The number of anilines is 2. The maximum absolute atomic E-state index is 10.7. The van der Waals surface area contributed by atoms with E-state index in [-0.39, 0.29) is 5.41 Å². The van der Waals surface area contributed by atoms with Crippen LogP contribution < -0.4 is 5.32 Å². The second-order valence-corrected chi connectivity index (χ2v) is 7.27. The Morgan fingerprint density at radius 1 is 0.680 bits per heavy atom. The highest BCUT2D eigenvalue weighted by molar-refractivity contribution is 5.76. The molecule has 0 unspecified atom stereocenters. The molecule has 0 aliphatic rings. The first kappa shape index (κ1) is 17.0. The highest BCUT2D eigenvalue weighted by atomic mass is 16.1. The van der Waals surface area contributed by atoms with Crippen LogP contribution in [0.15, 0.2) is 72.8 Å². The van der Waals surface area contributed by atoms with Crippen molar-refractivity contribution >= 4 is 17.7 Å². The van der Waals surface area contributed by atoms with Crippen LogP contribution in [-0.4, -0.2) is 6.29 Å². The van der Waals surface area contributed by atoms with Gasteiger partial charge in [0.25, 0.3) is 0 Å². The van der Waals surface area contributed by atoms with E-state index in [9.17, 15) is 4.79 Å². The SMILES string of the molecule is CC(C)(C)c1ccc(-c2ccc(Nc3ccc(C=O)cc3)cc2)cc1. The molecule has 0 radical (unpaired) electrons. The zero-order valence-corrected chi connectivity index (χ0v) is 14.9. The van der Waals surface area contributed by atoms with Gasteiger partial charge in [0, 0.05) is 16.9 Å². The number of carbonyl (C=O) groups excluding carboxylic acids is 1. The quantitative estimate of drug-likeness (QED) is 0.577. The summed E-state index contributed by atoms with van der Waals surface area (Å²) in [5.74, 6) is 0. The van der Waals surface area contributed by atoms with Crippen LogP contribution in [0.2, 0.25) is 0 Å². The molecular weight excluding hydrogens is 306 g/mol. The summed E-state index contributed by atoms with van der Waals surface area (Å²) in [5, 5.41) is 3.35. The predicted octanol–water partition coefficient (Wildman–Crippen LogP) is 6.21. The van der Waals surface area contributed by atoms with Crippen molar-refractivity contribution in [2.75, 3.05) is 5.32 Å². The van der Waals surface area contributed by atoms with Gasteiger partial charge >= 0.3 is 0 Å². The molecule has 2 nitrogen and oxygen atoms in total. The third kappa shape index (κ3) is 4.16. The summed E-state index contributed by atoms with van der Waals surface area (Å²) in [5.41, 5.74) is 6.60. The maximum Gasteiger partial charge on any atom is 0.150 e. The molecule has 0 aliphatic heterocycles. The van der Waals surface area contributed by atoms with Crippen molar-refractivity contribution in [3.8, 4) is 11.1 Å². The van der Waals surface area contributed by atoms with Crippen LogP contribution in [0.3, 0.4) is 0 Å². The molecule has 0 atom stereocenters. The predicted molar refractivity (Wildman–Crippen MR) is 106 cm³/mol. The van der Waals surface area contributed by atoms with Crippen molar-refractivity contribution in [1.82, 2.24) is 0 Å². The Kier molecular flexibility index (Phi) is 4.71. The lowest BCUT2D eigenvalue weighted by Crippen LogP contribution is -2.10. The smallest absolute Gasteiger partial charge is 0.150 e. The molecule has 3 aromatic carbocycles. The second-order valence-electron chi connectivity index (χ2n) is 7.27. The molecule has 0 heterocycles. The monoisotopic (exact) mass is 329 g/mol. The van der Waals surface area contributed by atoms with Crippen LogP contribution in [-0.2, 0) is 5.41 Å². The van der Waals surface area contributed by atoms with Gasteiger partial charge in [-0.3, -0.25) is 4.79 Å². The number of benzene rings is 3. The van der Waals surface area contributed by atoms with Crippen LogP contribution in [0.1, 0.15) is 36.7 Å². The zero-order valence-electron chi connectivity index (χ0n) is 14.9. The summed E-state index contributed by atoms with van der Waals surface area (Å²) in [6.45, 7) is 6.68. The summed E-state index contributed by atoms with van der Waals surface area (Å²) >= 11 is 0. The van der Waals surface area contributed by atoms with Crippen molar-refractivity contribution in [2.24, 2.45) is 0 Å². The van der Waals surface area contributed by atoms with E-state index in [4.69, 9.17) is 0 Å². The van der Waals surface area contributed by atoms with E-state index in [1.807, 2.05) is 12.1 Å². The number of carbonyl (C=O) groups is 1. The van der Waals surface area contributed by atoms with E-state index >= 15 is 0 Å². The summed E-state index contributed by atoms with van der Waals surface area (Å²) in [4.78, 5) is 10.7. The minimum absolute atomic E-state index is 0.172. The molecule has 0 amide bonds. The molecule has 0 bridgehead atoms. The molecule has 0 saturated carbocycles. The van der Waals surface area contributed by atoms with E-state index in [2.05, 4.69) is 74.6 Å². The molecule has 0 fully saturated rings. The van der Waals surface area contributed by atoms with Gasteiger partial charge in [-0.2, -0.15) is 0 Å². The lowest BCUT2D eigenvalue weighted by atomic mass is 9.86. The van der Waals surface area contributed by atoms with Gasteiger partial charge in [0.1, 0.15) is 6.29 Å². The first-order chi connectivity index (χ1) is 12.0. The molecule has 2 heteroatoms. The van der Waals surface area contributed by atoms with E-state index in [1.165, 1.54) is 16.7 Å². The topological polar surface area (TPSA) is 29.1 Å². The fraction of sp³-hybridized carbons (Fsp3) is 0.174. The van der Waals surface area contributed by atoms with Gasteiger partial charge in [0.2, 0.25) is 0 Å². The highest BCUT2D eigenvalue weighted by Gasteiger charge is 2.12. The highest BCUT2D eigenvalue weighted by Crippen LogP contribution is 2.27. The van der Waals surface area contributed by atoms with Crippen LogP contribution in [0, 0.1) is 0 Å². The Balaban J connectivity index is 1.74. The normalized spacial score (nSPS) is 11.2. The summed E-state index contributed by atoms with van der Waals surface area (Å²) in [7, 11) is 0. The van der Waals surface area contributed by atoms with Gasteiger partial charge in [0.15, 0.2) is 0 Å². The minimum atomic E-state index is 0.172. The van der Waals surface area contributed by atoms with E-state index in [1.54, 1.807) is 12.1 Å². The van der Waals surface area contributed by atoms with Crippen LogP contribution >= 0.6 is 0 Å². The van der Waals surface area contributed by atoms with Gasteiger partial charge in [0.05, 0.1) is 0 Å². The van der Waals surface area contributed by atoms with Gasteiger partial charge in [-0.25, -0.2) is 0 Å². The zero-order chi connectivity index (χ0) is 17.9. The maximum atomic E-state index is 10.7. The van der Waals surface area contributed by atoms with Crippen molar-refractivity contribution in [3.63, 3.8) is 0 Å². The van der Waals surface area contributed by atoms with E-state index < -0.39 is 0 Å². The standard InChI is InChI=1S/C23H23NO/c1-23(2,3)20-10-6-18(7-11-20)19-8-14-22(15-9-19)24-21-12-4-17(16-25)5-13-21/h4-16,24H,1-3H3. The lowest BCUT2D eigenvalue weighted by Gasteiger charge is -2.19. The Bertz CT molecular complexity index is 839. The first-order valence-electron chi connectivity index (χ1n) is 8.49. The molecule has 0 aliphatic carbocycles. The average Bonchev–Trinajstić information content (AvgIpc) is 2.62. The molecule has 3 aromatic rings. The number of hydrogen-bond acceptors (Lipinski definition) is 2. The Hall–Kier alpha value is -2.87. The largest absolute Gasteiger partial charge is 0.356 e. The van der Waals surface area contributed by atoms with E-state index in [0.29, 0.717) is 5.56 Å². The summed E-state index contributed by atoms with van der Waals surface area (Å²) < 4.78 is 0. The number of nitrogens with one attached hydrogen (secondary N) is 1. The van der Waals surface area contributed by atoms with Gasteiger partial charge in [-0.1, -0.05) is 57.2 Å².